The van der Waals surface area contributed by atoms with Gasteiger partial charge in [0.15, 0.2) is 0 Å². The van der Waals surface area contributed by atoms with Crippen molar-refractivity contribution in [1.29, 1.82) is 0 Å². The first kappa shape index (κ1) is 17.8. The van der Waals surface area contributed by atoms with Crippen molar-refractivity contribution in [2.24, 2.45) is 5.92 Å². The van der Waals surface area contributed by atoms with Gasteiger partial charge in [0.2, 0.25) is 0 Å². The van der Waals surface area contributed by atoms with E-state index in [1.807, 2.05) is 48.5 Å². The lowest BCUT2D eigenvalue weighted by Crippen LogP contribution is -2.24. The van der Waals surface area contributed by atoms with Crippen molar-refractivity contribution in [3.05, 3.63) is 87.8 Å². The van der Waals surface area contributed by atoms with Gasteiger partial charge in [0, 0.05) is 19.1 Å². The molecule has 1 saturated heterocycles. The summed E-state index contributed by atoms with van der Waals surface area (Å²) < 4.78 is 7.22. The summed E-state index contributed by atoms with van der Waals surface area (Å²) >= 11 is 6.32. The van der Waals surface area contributed by atoms with Crippen molar-refractivity contribution < 1.29 is 4.74 Å². The second-order valence-corrected chi connectivity index (χ2v) is 6.93. The minimum atomic E-state index is -0.338. The fourth-order valence-corrected chi connectivity index (χ4v) is 3.60. The molecular formula is C21H20ClN3O2. The molecule has 27 heavy (non-hydrogen) atoms. The molecule has 3 aromatic rings. The van der Waals surface area contributed by atoms with Crippen molar-refractivity contribution in [1.82, 2.24) is 9.78 Å². The van der Waals surface area contributed by atoms with Crippen LogP contribution < -0.4 is 10.9 Å². The zero-order chi connectivity index (χ0) is 18.6. The molecule has 5 nitrogen and oxygen atoms in total. The van der Waals surface area contributed by atoms with E-state index in [1.165, 1.54) is 10.2 Å². The monoisotopic (exact) mass is 381 g/mol. The van der Waals surface area contributed by atoms with E-state index >= 15 is 0 Å². The number of nitrogens with zero attached hydrogens (tertiary/aromatic N) is 2. The molecule has 6 heteroatoms. The maximum atomic E-state index is 12.6. The second-order valence-electron chi connectivity index (χ2n) is 6.56. The molecule has 0 amide bonds. The van der Waals surface area contributed by atoms with E-state index in [0.717, 1.165) is 13.0 Å². The largest absolute Gasteiger partial charge is 0.382 e. The minimum Gasteiger partial charge on any atom is -0.382 e. The minimum absolute atomic E-state index is 0.0510. The number of ether oxygens (including phenoxy) is 1. The van der Waals surface area contributed by atoms with Gasteiger partial charge < -0.3 is 10.1 Å². The third-order valence-electron chi connectivity index (χ3n) is 4.82. The van der Waals surface area contributed by atoms with Crippen LogP contribution in [0.2, 0.25) is 5.02 Å². The average Bonchev–Trinajstić information content (AvgIpc) is 3.19. The first-order valence-corrected chi connectivity index (χ1v) is 9.35. The van der Waals surface area contributed by atoms with E-state index in [2.05, 4.69) is 22.5 Å². The first-order valence-electron chi connectivity index (χ1n) is 8.97. The number of para-hydroxylation sites is 1. The molecule has 0 aliphatic carbocycles. The standard InChI is InChI=1S/C21H20ClN3O2/c22-19-18(14-24-25(21(19)26)17-9-5-2-6-10-17)23-13-16-11-12-27-20(16)15-7-3-1-4-8-15/h1-10,14,16,20,23H,11-13H2. The van der Waals surface area contributed by atoms with Crippen LogP contribution in [0.15, 0.2) is 71.7 Å². The van der Waals surface area contributed by atoms with E-state index in [0.29, 0.717) is 23.8 Å². The first-order chi connectivity index (χ1) is 13.2. The highest BCUT2D eigenvalue weighted by Crippen LogP contribution is 2.34. The van der Waals surface area contributed by atoms with Gasteiger partial charge in [-0.2, -0.15) is 9.78 Å². The predicted molar refractivity (Wildman–Crippen MR) is 107 cm³/mol. The quantitative estimate of drug-likeness (QED) is 0.723. The molecular weight excluding hydrogens is 362 g/mol. The molecule has 1 aromatic heterocycles. The SMILES string of the molecule is O=c1c(Cl)c(NCC2CCOC2c2ccccc2)cnn1-c1ccccc1. The molecule has 0 spiro atoms. The number of nitrogens with one attached hydrogen (secondary N) is 1. The molecule has 4 rings (SSSR count). The van der Waals surface area contributed by atoms with Crippen LogP contribution in [0, 0.1) is 5.92 Å². The lowest BCUT2D eigenvalue weighted by atomic mass is 9.95. The van der Waals surface area contributed by atoms with Crippen LogP contribution in [0.4, 0.5) is 5.69 Å². The normalized spacial score (nSPS) is 19.1. The fourth-order valence-electron chi connectivity index (χ4n) is 3.40. The summed E-state index contributed by atoms with van der Waals surface area (Å²) in [5.74, 6) is 0.306. The van der Waals surface area contributed by atoms with Crippen LogP contribution in [0.3, 0.4) is 0 Å². The molecule has 0 radical (unpaired) electrons. The van der Waals surface area contributed by atoms with E-state index < -0.39 is 0 Å². The Hall–Kier alpha value is -2.63. The molecule has 2 heterocycles. The van der Waals surface area contributed by atoms with Gasteiger partial charge in [-0.25, -0.2) is 0 Å². The van der Waals surface area contributed by atoms with E-state index in [4.69, 9.17) is 16.3 Å². The van der Waals surface area contributed by atoms with Crippen LogP contribution in [0.25, 0.3) is 5.69 Å². The van der Waals surface area contributed by atoms with E-state index in [-0.39, 0.29) is 16.7 Å². The summed E-state index contributed by atoms with van der Waals surface area (Å²) in [6.45, 7) is 1.39. The summed E-state index contributed by atoms with van der Waals surface area (Å²) in [5.41, 5.74) is 2.07. The Morgan fingerprint density at radius 1 is 1.11 bits per heavy atom. The van der Waals surface area contributed by atoms with Crippen LogP contribution in [0.5, 0.6) is 0 Å². The highest BCUT2D eigenvalue weighted by Gasteiger charge is 2.29. The summed E-state index contributed by atoms with van der Waals surface area (Å²) in [6.07, 6.45) is 2.61. The van der Waals surface area contributed by atoms with Gasteiger partial charge in [-0.3, -0.25) is 4.79 Å². The number of anilines is 1. The zero-order valence-electron chi connectivity index (χ0n) is 14.7. The van der Waals surface area contributed by atoms with Crippen molar-refractivity contribution >= 4 is 17.3 Å². The molecule has 138 valence electrons. The van der Waals surface area contributed by atoms with E-state index in [1.54, 1.807) is 6.20 Å². The van der Waals surface area contributed by atoms with Crippen molar-refractivity contribution in [3.63, 3.8) is 0 Å². The summed E-state index contributed by atoms with van der Waals surface area (Å²) in [4.78, 5) is 12.6. The van der Waals surface area contributed by atoms with E-state index in [9.17, 15) is 4.79 Å². The van der Waals surface area contributed by atoms with Gasteiger partial charge in [0.25, 0.3) is 5.56 Å². The van der Waals surface area contributed by atoms with Gasteiger partial charge in [-0.05, 0) is 24.1 Å². The summed E-state index contributed by atoms with van der Waals surface area (Å²) in [5, 5.41) is 7.69. The van der Waals surface area contributed by atoms with Crippen LogP contribution >= 0.6 is 11.6 Å². The van der Waals surface area contributed by atoms with Crippen molar-refractivity contribution in [3.8, 4) is 5.69 Å². The lowest BCUT2D eigenvalue weighted by molar-refractivity contribution is 0.0933. The highest BCUT2D eigenvalue weighted by molar-refractivity contribution is 6.32. The number of halogens is 1. The number of hydrogen-bond acceptors (Lipinski definition) is 4. The molecule has 1 N–H and O–H groups in total. The number of hydrogen-bond donors (Lipinski definition) is 1. The van der Waals surface area contributed by atoms with Gasteiger partial charge in [-0.1, -0.05) is 60.1 Å². The summed E-state index contributed by atoms with van der Waals surface area (Å²) in [7, 11) is 0. The van der Waals surface area contributed by atoms with Gasteiger partial charge in [0.05, 0.1) is 23.7 Å². The number of benzene rings is 2. The Morgan fingerprint density at radius 3 is 2.56 bits per heavy atom. The molecule has 1 fully saturated rings. The molecule has 1 aliphatic rings. The van der Waals surface area contributed by atoms with Gasteiger partial charge >= 0.3 is 0 Å². The fraction of sp³-hybridized carbons (Fsp3) is 0.238. The maximum Gasteiger partial charge on any atom is 0.292 e. The molecule has 2 aromatic carbocycles. The lowest BCUT2D eigenvalue weighted by Gasteiger charge is -2.20. The number of rotatable bonds is 5. The predicted octanol–water partition coefficient (Wildman–Crippen LogP) is 4.08. The van der Waals surface area contributed by atoms with Crippen LogP contribution in [-0.2, 0) is 4.74 Å². The molecule has 0 bridgehead atoms. The Kier molecular flexibility index (Phi) is 5.23. The third-order valence-corrected chi connectivity index (χ3v) is 5.18. The van der Waals surface area contributed by atoms with Gasteiger partial charge in [0.1, 0.15) is 5.02 Å². The molecule has 2 unspecified atom stereocenters. The maximum absolute atomic E-state index is 12.6. The average molecular weight is 382 g/mol. The molecule has 2 atom stereocenters. The third kappa shape index (κ3) is 3.75. The molecule has 1 aliphatic heterocycles. The Labute approximate surface area is 162 Å². The Morgan fingerprint density at radius 2 is 1.81 bits per heavy atom. The zero-order valence-corrected chi connectivity index (χ0v) is 15.5. The van der Waals surface area contributed by atoms with Gasteiger partial charge in [-0.15, -0.1) is 0 Å². The Bertz CT molecular complexity index is 960. The van der Waals surface area contributed by atoms with Crippen molar-refractivity contribution in [2.45, 2.75) is 12.5 Å². The summed E-state index contributed by atoms with van der Waals surface area (Å²) in [6, 6.07) is 19.4. The smallest absolute Gasteiger partial charge is 0.292 e. The Balaban J connectivity index is 1.50. The second kappa shape index (κ2) is 7.94. The topological polar surface area (TPSA) is 56.1 Å². The number of aromatic nitrogens is 2. The molecule has 0 saturated carbocycles. The van der Waals surface area contributed by atoms with Crippen LogP contribution in [0.1, 0.15) is 18.1 Å². The highest BCUT2D eigenvalue weighted by atomic mass is 35.5. The van der Waals surface area contributed by atoms with Crippen molar-refractivity contribution in [2.75, 3.05) is 18.5 Å². The van der Waals surface area contributed by atoms with Crippen LogP contribution in [-0.4, -0.2) is 22.9 Å².